The van der Waals surface area contributed by atoms with Crippen molar-refractivity contribution < 1.29 is 9.59 Å². The second-order valence-electron chi connectivity index (χ2n) is 6.75. The number of hydrogen-bond donors (Lipinski definition) is 0. The lowest BCUT2D eigenvalue weighted by atomic mass is 10.1. The molecule has 0 aromatic heterocycles. The molecule has 2 amide bonds. The highest BCUT2D eigenvalue weighted by Crippen LogP contribution is 2.21. The van der Waals surface area contributed by atoms with Gasteiger partial charge in [0.05, 0.1) is 13.0 Å². The summed E-state index contributed by atoms with van der Waals surface area (Å²) in [6, 6.07) is 17.8. The zero-order chi connectivity index (χ0) is 18.4. The number of carbonyl (C=O) groups excluding carboxylic acids is 2. The molecule has 1 fully saturated rings. The number of benzene rings is 2. The fourth-order valence-electron chi connectivity index (χ4n) is 3.37. The molecule has 0 radical (unpaired) electrons. The van der Waals surface area contributed by atoms with Crippen molar-refractivity contribution in [2.24, 2.45) is 0 Å². The maximum absolute atomic E-state index is 12.5. The smallest absolute Gasteiger partial charge is 0.227 e. The van der Waals surface area contributed by atoms with Crippen LogP contribution in [0.25, 0.3) is 0 Å². The van der Waals surface area contributed by atoms with Crippen LogP contribution in [0.2, 0.25) is 0 Å². The number of likely N-dealkylation sites (tertiary alicyclic amines) is 1. The summed E-state index contributed by atoms with van der Waals surface area (Å²) in [7, 11) is 0. The summed E-state index contributed by atoms with van der Waals surface area (Å²) in [4.78, 5) is 28.7. The Hall–Kier alpha value is -2.62. The summed E-state index contributed by atoms with van der Waals surface area (Å²) in [5.74, 6) is 0.257. The standard InChI is InChI=1S/C22H26N2O2/c1-2-21(25)24(17-18-9-4-3-5-10-18)20-12-8-11-19(15-20)16-22(26)23-13-6-7-14-23/h3-5,8-12,15H,2,6-7,13-14,16-17H2,1H3. The van der Waals surface area contributed by atoms with E-state index in [4.69, 9.17) is 0 Å². The molecule has 4 nitrogen and oxygen atoms in total. The van der Waals surface area contributed by atoms with Crippen molar-refractivity contribution in [3.8, 4) is 0 Å². The van der Waals surface area contributed by atoms with Crippen LogP contribution in [0.15, 0.2) is 54.6 Å². The number of rotatable bonds is 6. The minimum atomic E-state index is 0.0804. The van der Waals surface area contributed by atoms with Gasteiger partial charge in [-0.25, -0.2) is 0 Å². The number of hydrogen-bond acceptors (Lipinski definition) is 2. The number of amides is 2. The van der Waals surface area contributed by atoms with Gasteiger partial charge in [0, 0.05) is 25.2 Å². The van der Waals surface area contributed by atoms with Crippen LogP contribution in [0.5, 0.6) is 0 Å². The molecule has 0 aliphatic carbocycles. The van der Waals surface area contributed by atoms with Crippen LogP contribution in [0.4, 0.5) is 5.69 Å². The third-order valence-electron chi connectivity index (χ3n) is 4.82. The average Bonchev–Trinajstić information content (AvgIpc) is 3.21. The Kier molecular flexibility index (Phi) is 6.05. The maximum atomic E-state index is 12.5. The number of anilines is 1. The molecule has 0 spiro atoms. The SMILES string of the molecule is CCC(=O)N(Cc1ccccc1)c1cccc(CC(=O)N2CCCC2)c1. The Morgan fingerprint density at radius 1 is 0.962 bits per heavy atom. The van der Waals surface area contributed by atoms with Crippen molar-refractivity contribution >= 4 is 17.5 Å². The minimum Gasteiger partial charge on any atom is -0.342 e. The third-order valence-corrected chi connectivity index (χ3v) is 4.82. The van der Waals surface area contributed by atoms with Crippen LogP contribution in [0, 0.1) is 0 Å². The average molecular weight is 350 g/mol. The molecule has 136 valence electrons. The van der Waals surface area contributed by atoms with E-state index >= 15 is 0 Å². The molecule has 0 bridgehead atoms. The van der Waals surface area contributed by atoms with E-state index in [0.717, 1.165) is 42.7 Å². The maximum Gasteiger partial charge on any atom is 0.227 e. The highest BCUT2D eigenvalue weighted by molar-refractivity contribution is 5.93. The largest absolute Gasteiger partial charge is 0.342 e. The van der Waals surface area contributed by atoms with Gasteiger partial charge in [-0.2, -0.15) is 0 Å². The first-order valence-corrected chi connectivity index (χ1v) is 9.38. The molecular weight excluding hydrogens is 324 g/mol. The monoisotopic (exact) mass is 350 g/mol. The van der Waals surface area contributed by atoms with Crippen molar-refractivity contribution in [3.63, 3.8) is 0 Å². The molecule has 0 unspecified atom stereocenters. The lowest BCUT2D eigenvalue weighted by molar-refractivity contribution is -0.129. The van der Waals surface area contributed by atoms with E-state index < -0.39 is 0 Å². The van der Waals surface area contributed by atoms with Gasteiger partial charge in [-0.15, -0.1) is 0 Å². The lowest BCUT2D eigenvalue weighted by Crippen LogP contribution is -2.30. The Balaban J connectivity index is 1.78. The molecule has 0 atom stereocenters. The van der Waals surface area contributed by atoms with Crippen LogP contribution in [-0.2, 0) is 22.6 Å². The van der Waals surface area contributed by atoms with Gasteiger partial charge in [-0.3, -0.25) is 9.59 Å². The Morgan fingerprint density at radius 2 is 1.65 bits per heavy atom. The van der Waals surface area contributed by atoms with E-state index in [1.165, 1.54) is 0 Å². The van der Waals surface area contributed by atoms with Gasteiger partial charge in [-0.05, 0) is 36.1 Å². The molecule has 2 aromatic carbocycles. The Labute approximate surface area is 155 Å². The predicted octanol–water partition coefficient (Wildman–Crippen LogP) is 3.79. The summed E-state index contributed by atoms with van der Waals surface area (Å²) in [5, 5.41) is 0. The topological polar surface area (TPSA) is 40.6 Å². The lowest BCUT2D eigenvalue weighted by Gasteiger charge is -2.23. The fourth-order valence-corrected chi connectivity index (χ4v) is 3.37. The fraction of sp³-hybridized carbons (Fsp3) is 0.364. The summed E-state index contributed by atoms with van der Waals surface area (Å²) in [5.41, 5.74) is 2.90. The first-order valence-electron chi connectivity index (χ1n) is 9.38. The quantitative estimate of drug-likeness (QED) is 0.795. The molecule has 3 rings (SSSR count). The molecule has 0 saturated carbocycles. The van der Waals surface area contributed by atoms with Gasteiger partial charge in [0.2, 0.25) is 11.8 Å². The molecule has 26 heavy (non-hydrogen) atoms. The van der Waals surface area contributed by atoms with E-state index in [1.807, 2.05) is 66.4 Å². The zero-order valence-corrected chi connectivity index (χ0v) is 15.4. The predicted molar refractivity (Wildman–Crippen MR) is 104 cm³/mol. The first-order chi connectivity index (χ1) is 12.7. The van der Waals surface area contributed by atoms with Gasteiger partial charge in [0.25, 0.3) is 0 Å². The zero-order valence-electron chi connectivity index (χ0n) is 15.4. The van der Waals surface area contributed by atoms with E-state index in [9.17, 15) is 9.59 Å². The number of carbonyl (C=O) groups is 2. The summed E-state index contributed by atoms with van der Waals surface area (Å²) < 4.78 is 0. The van der Waals surface area contributed by atoms with Crippen molar-refractivity contribution in [3.05, 3.63) is 65.7 Å². The van der Waals surface area contributed by atoms with Crippen molar-refractivity contribution in [2.45, 2.75) is 39.2 Å². The molecule has 2 aromatic rings. The second kappa shape index (κ2) is 8.65. The molecular formula is C22H26N2O2. The Bertz CT molecular complexity index is 752. The number of nitrogens with zero attached hydrogens (tertiary/aromatic N) is 2. The van der Waals surface area contributed by atoms with Crippen molar-refractivity contribution in [1.29, 1.82) is 0 Å². The van der Waals surface area contributed by atoms with Crippen LogP contribution >= 0.6 is 0 Å². The molecule has 1 heterocycles. The molecule has 4 heteroatoms. The van der Waals surface area contributed by atoms with E-state index in [0.29, 0.717) is 19.4 Å². The Morgan fingerprint density at radius 3 is 2.35 bits per heavy atom. The van der Waals surface area contributed by atoms with Gasteiger partial charge in [0.15, 0.2) is 0 Å². The second-order valence-corrected chi connectivity index (χ2v) is 6.75. The van der Waals surface area contributed by atoms with Gasteiger partial charge < -0.3 is 9.80 Å². The first kappa shape index (κ1) is 18.2. The summed E-state index contributed by atoms with van der Waals surface area (Å²) in [6.45, 7) is 4.15. The normalized spacial score (nSPS) is 13.7. The van der Waals surface area contributed by atoms with Crippen LogP contribution in [0.3, 0.4) is 0 Å². The molecule has 1 saturated heterocycles. The summed E-state index contributed by atoms with van der Waals surface area (Å²) in [6.07, 6.45) is 3.04. The van der Waals surface area contributed by atoms with Crippen LogP contribution < -0.4 is 4.90 Å². The van der Waals surface area contributed by atoms with Gasteiger partial charge in [-0.1, -0.05) is 49.4 Å². The summed E-state index contributed by atoms with van der Waals surface area (Å²) >= 11 is 0. The van der Waals surface area contributed by atoms with Crippen molar-refractivity contribution in [2.75, 3.05) is 18.0 Å². The van der Waals surface area contributed by atoms with Crippen LogP contribution in [-0.4, -0.2) is 29.8 Å². The van der Waals surface area contributed by atoms with E-state index in [-0.39, 0.29) is 11.8 Å². The highest BCUT2D eigenvalue weighted by Gasteiger charge is 2.19. The molecule has 1 aliphatic heterocycles. The van der Waals surface area contributed by atoms with Crippen LogP contribution in [0.1, 0.15) is 37.3 Å². The van der Waals surface area contributed by atoms with Crippen molar-refractivity contribution in [1.82, 2.24) is 4.90 Å². The van der Waals surface area contributed by atoms with Gasteiger partial charge in [0.1, 0.15) is 0 Å². The molecule has 1 aliphatic rings. The van der Waals surface area contributed by atoms with E-state index in [1.54, 1.807) is 4.90 Å². The highest BCUT2D eigenvalue weighted by atomic mass is 16.2. The third kappa shape index (κ3) is 4.51. The molecule has 0 N–H and O–H groups in total. The van der Waals surface area contributed by atoms with Gasteiger partial charge >= 0.3 is 0 Å². The van der Waals surface area contributed by atoms with E-state index in [2.05, 4.69) is 0 Å². The minimum absolute atomic E-state index is 0.0804.